The van der Waals surface area contributed by atoms with E-state index in [-0.39, 0.29) is 15.5 Å². The van der Waals surface area contributed by atoms with Crippen LogP contribution in [0.15, 0.2) is 51.9 Å². The second-order valence-corrected chi connectivity index (χ2v) is 5.93. The normalized spacial score (nSPS) is 24.3. The molecule has 2 aliphatic rings. The number of sulfone groups is 1. The van der Waals surface area contributed by atoms with Crippen molar-refractivity contribution in [1.82, 2.24) is 0 Å². The quantitative estimate of drug-likeness (QED) is 0.716. The second-order valence-electron chi connectivity index (χ2n) is 4.04. The topological polar surface area (TPSA) is 83.5 Å². The van der Waals surface area contributed by atoms with E-state index in [1.54, 1.807) is 18.2 Å². The van der Waals surface area contributed by atoms with Crippen molar-refractivity contribution in [3.63, 3.8) is 0 Å². The van der Waals surface area contributed by atoms with Crippen LogP contribution in [0.1, 0.15) is 0 Å². The molecule has 0 saturated carbocycles. The highest BCUT2D eigenvalue weighted by atomic mass is 32.2. The van der Waals surface area contributed by atoms with Gasteiger partial charge in [0.2, 0.25) is 9.84 Å². The molecule has 1 atom stereocenters. The molecule has 1 aromatic rings. The minimum atomic E-state index is -3.83. The average molecular weight is 263 g/mol. The average Bonchev–Trinajstić information content (AvgIpc) is 2.33. The third-order valence-corrected chi connectivity index (χ3v) is 4.89. The molecule has 5 nitrogen and oxygen atoms in total. The molecule has 1 unspecified atom stereocenters. The molecule has 0 bridgehead atoms. The lowest BCUT2D eigenvalue weighted by Crippen LogP contribution is -2.33. The Hall–Kier alpha value is -1.92. The highest BCUT2D eigenvalue weighted by molar-refractivity contribution is 7.95. The van der Waals surface area contributed by atoms with Crippen molar-refractivity contribution >= 4 is 21.3 Å². The maximum Gasteiger partial charge on any atom is 0.209 e. The standard InChI is InChI=1S/C12H9NO4S/c14-9-6-5-8-12(11(9)15)18(16,17)10-4-2-1-3-7(10)13-8/h1-6,11,13,15H. The van der Waals surface area contributed by atoms with Crippen LogP contribution in [0.3, 0.4) is 0 Å². The van der Waals surface area contributed by atoms with Gasteiger partial charge >= 0.3 is 0 Å². The van der Waals surface area contributed by atoms with Gasteiger partial charge in [-0.1, -0.05) is 12.1 Å². The van der Waals surface area contributed by atoms with Crippen LogP contribution in [0.4, 0.5) is 5.69 Å². The maximum absolute atomic E-state index is 12.4. The minimum absolute atomic E-state index is 0.0749. The third-order valence-electron chi connectivity index (χ3n) is 2.93. The van der Waals surface area contributed by atoms with Crippen molar-refractivity contribution in [2.75, 3.05) is 5.32 Å². The number of benzene rings is 1. The fourth-order valence-corrected chi connectivity index (χ4v) is 3.80. The number of allylic oxidation sites excluding steroid dienone is 1. The number of carbonyl (C=O) groups excluding carboxylic acids is 1. The fraction of sp³-hybridized carbons (Fsp3) is 0.0833. The first kappa shape index (κ1) is 11.2. The van der Waals surface area contributed by atoms with E-state index in [9.17, 15) is 18.3 Å². The Morgan fingerprint density at radius 1 is 1.17 bits per heavy atom. The minimum Gasteiger partial charge on any atom is -0.379 e. The molecule has 0 radical (unpaired) electrons. The van der Waals surface area contributed by atoms with E-state index in [0.29, 0.717) is 5.69 Å². The number of hydrogen-bond donors (Lipinski definition) is 2. The molecule has 0 saturated heterocycles. The van der Waals surface area contributed by atoms with Gasteiger partial charge in [-0.2, -0.15) is 0 Å². The van der Waals surface area contributed by atoms with Crippen molar-refractivity contribution in [3.05, 3.63) is 47.0 Å². The van der Waals surface area contributed by atoms with E-state index < -0.39 is 21.7 Å². The number of ketones is 1. The van der Waals surface area contributed by atoms with Gasteiger partial charge in [0.05, 0.1) is 16.3 Å². The van der Waals surface area contributed by atoms with Crippen LogP contribution in [0, 0.1) is 0 Å². The molecule has 1 aliphatic carbocycles. The predicted molar refractivity (Wildman–Crippen MR) is 64.4 cm³/mol. The van der Waals surface area contributed by atoms with Gasteiger partial charge in [-0.05, 0) is 24.3 Å². The summed E-state index contributed by atoms with van der Waals surface area (Å²) in [6.07, 6.45) is 0.911. The summed E-state index contributed by atoms with van der Waals surface area (Å²) in [6, 6.07) is 6.38. The molecule has 0 aromatic heterocycles. The van der Waals surface area contributed by atoms with Crippen molar-refractivity contribution in [2.45, 2.75) is 11.0 Å². The zero-order valence-electron chi connectivity index (χ0n) is 9.12. The molecule has 1 heterocycles. The Labute approximate surface area is 103 Å². The van der Waals surface area contributed by atoms with Gasteiger partial charge < -0.3 is 10.4 Å². The van der Waals surface area contributed by atoms with Crippen LogP contribution in [0.5, 0.6) is 0 Å². The smallest absolute Gasteiger partial charge is 0.209 e. The van der Waals surface area contributed by atoms with Crippen molar-refractivity contribution in [2.24, 2.45) is 0 Å². The molecule has 2 N–H and O–H groups in total. The van der Waals surface area contributed by atoms with Crippen molar-refractivity contribution in [1.29, 1.82) is 0 Å². The summed E-state index contributed by atoms with van der Waals surface area (Å²) in [4.78, 5) is 11.2. The second kappa shape index (κ2) is 3.54. The molecule has 92 valence electrons. The number of carbonyl (C=O) groups is 1. The molecule has 1 aliphatic heterocycles. The van der Waals surface area contributed by atoms with Gasteiger partial charge in [-0.3, -0.25) is 4.79 Å². The first-order chi connectivity index (χ1) is 8.51. The van der Waals surface area contributed by atoms with Crippen molar-refractivity contribution < 1.29 is 18.3 Å². The number of fused-ring (bicyclic) bond motifs is 1. The van der Waals surface area contributed by atoms with E-state index in [1.807, 2.05) is 0 Å². The molecule has 0 spiro atoms. The number of rotatable bonds is 0. The van der Waals surface area contributed by atoms with Gasteiger partial charge in [0, 0.05) is 0 Å². The summed E-state index contributed by atoms with van der Waals surface area (Å²) in [5, 5.41) is 12.7. The third kappa shape index (κ3) is 1.36. The Morgan fingerprint density at radius 3 is 2.67 bits per heavy atom. The lowest BCUT2D eigenvalue weighted by atomic mass is 10.1. The number of aliphatic hydroxyl groups excluding tert-OH is 1. The Bertz CT molecular complexity index is 715. The van der Waals surface area contributed by atoms with E-state index in [1.165, 1.54) is 18.2 Å². The zero-order valence-corrected chi connectivity index (χ0v) is 9.94. The fourth-order valence-electron chi connectivity index (χ4n) is 2.08. The molecule has 0 amide bonds. The summed E-state index contributed by atoms with van der Waals surface area (Å²) in [7, 11) is -3.83. The largest absolute Gasteiger partial charge is 0.379 e. The number of anilines is 1. The molecular weight excluding hydrogens is 254 g/mol. The van der Waals surface area contributed by atoms with Gasteiger partial charge in [0.15, 0.2) is 11.9 Å². The number of aliphatic hydroxyl groups is 1. The van der Waals surface area contributed by atoms with Crippen LogP contribution >= 0.6 is 0 Å². The van der Waals surface area contributed by atoms with Crippen LogP contribution < -0.4 is 5.32 Å². The SMILES string of the molecule is O=C1C=CC2=C(C1O)S(=O)(=O)c1ccccc1N2. The van der Waals surface area contributed by atoms with Crippen LogP contribution in [-0.4, -0.2) is 25.4 Å². The Balaban J connectivity index is 2.30. The zero-order chi connectivity index (χ0) is 12.9. The first-order valence-corrected chi connectivity index (χ1v) is 6.75. The predicted octanol–water partition coefficient (Wildman–Crippen LogP) is 0.597. The molecule has 3 rings (SSSR count). The van der Waals surface area contributed by atoms with Crippen LogP contribution in [-0.2, 0) is 14.6 Å². The van der Waals surface area contributed by atoms with Gasteiger partial charge in [-0.25, -0.2) is 8.42 Å². The molecule has 18 heavy (non-hydrogen) atoms. The van der Waals surface area contributed by atoms with Crippen LogP contribution in [0.25, 0.3) is 0 Å². The van der Waals surface area contributed by atoms with E-state index in [2.05, 4.69) is 5.32 Å². The Kier molecular flexibility index (Phi) is 2.20. The monoisotopic (exact) mass is 263 g/mol. The van der Waals surface area contributed by atoms with E-state index in [4.69, 9.17) is 0 Å². The summed E-state index contributed by atoms with van der Waals surface area (Å²) in [5.74, 6) is -0.626. The summed E-state index contributed by atoms with van der Waals surface area (Å²) in [6.45, 7) is 0. The first-order valence-electron chi connectivity index (χ1n) is 5.27. The molecule has 0 fully saturated rings. The molecule has 1 aromatic carbocycles. The lowest BCUT2D eigenvalue weighted by molar-refractivity contribution is -0.120. The van der Waals surface area contributed by atoms with E-state index >= 15 is 0 Å². The molecule has 6 heteroatoms. The number of hydrogen-bond acceptors (Lipinski definition) is 5. The lowest BCUT2D eigenvalue weighted by Gasteiger charge is -2.27. The number of para-hydroxylation sites is 1. The molecular formula is C12H9NO4S. The number of nitrogens with one attached hydrogen (secondary N) is 1. The van der Waals surface area contributed by atoms with Crippen molar-refractivity contribution in [3.8, 4) is 0 Å². The highest BCUT2D eigenvalue weighted by Crippen LogP contribution is 2.37. The Morgan fingerprint density at radius 2 is 1.89 bits per heavy atom. The highest BCUT2D eigenvalue weighted by Gasteiger charge is 2.39. The van der Waals surface area contributed by atoms with Crippen LogP contribution in [0.2, 0.25) is 0 Å². The van der Waals surface area contributed by atoms with Gasteiger partial charge in [0.25, 0.3) is 0 Å². The summed E-state index contributed by atoms with van der Waals surface area (Å²) < 4.78 is 24.7. The van der Waals surface area contributed by atoms with Gasteiger partial charge in [-0.15, -0.1) is 0 Å². The summed E-state index contributed by atoms with van der Waals surface area (Å²) >= 11 is 0. The van der Waals surface area contributed by atoms with Gasteiger partial charge in [0.1, 0.15) is 4.91 Å². The van der Waals surface area contributed by atoms with E-state index in [0.717, 1.165) is 0 Å². The summed E-state index contributed by atoms with van der Waals surface area (Å²) in [5.41, 5.74) is 0.697. The maximum atomic E-state index is 12.4.